The van der Waals surface area contributed by atoms with E-state index in [1.807, 2.05) is 11.0 Å². The minimum atomic E-state index is -0.180. The van der Waals surface area contributed by atoms with E-state index >= 15 is 0 Å². The van der Waals surface area contributed by atoms with E-state index in [2.05, 4.69) is 51.2 Å². The molecule has 1 heterocycles. The first-order valence-electron chi connectivity index (χ1n) is 7.62. The molecule has 0 aromatic heterocycles. The van der Waals surface area contributed by atoms with Gasteiger partial charge in [0, 0.05) is 19.1 Å². The van der Waals surface area contributed by atoms with Crippen molar-refractivity contribution >= 4 is 5.91 Å². The van der Waals surface area contributed by atoms with Crippen molar-refractivity contribution in [3.8, 4) is 0 Å². The van der Waals surface area contributed by atoms with Gasteiger partial charge in [0.05, 0.1) is 0 Å². The molecule has 1 atom stereocenters. The van der Waals surface area contributed by atoms with Gasteiger partial charge in [-0.25, -0.2) is 0 Å². The van der Waals surface area contributed by atoms with E-state index in [9.17, 15) is 4.79 Å². The molecular weight excluding hydrogens is 248 g/mol. The molecule has 0 saturated heterocycles. The molecule has 20 heavy (non-hydrogen) atoms. The van der Waals surface area contributed by atoms with E-state index in [4.69, 9.17) is 0 Å². The summed E-state index contributed by atoms with van der Waals surface area (Å²) in [5.74, 6) is 0.695. The standard InChI is InChI=1S/C17H26N2O/c1-12(2)11-19(13(3)4)17(20)16-15-8-6-5-7-14(15)9-10-18-16/h5-8,12-13,16,18H,9-11H2,1-4H3. The maximum atomic E-state index is 12.9. The maximum Gasteiger partial charge on any atom is 0.244 e. The summed E-state index contributed by atoms with van der Waals surface area (Å²) < 4.78 is 0. The second-order valence-electron chi connectivity index (χ2n) is 6.31. The number of nitrogens with zero attached hydrogens (tertiary/aromatic N) is 1. The third kappa shape index (κ3) is 3.21. The lowest BCUT2D eigenvalue weighted by Gasteiger charge is -2.34. The van der Waals surface area contributed by atoms with Crippen LogP contribution in [0, 0.1) is 5.92 Å². The number of amides is 1. The van der Waals surface area contributed by atoms with Gasteiger partial charge in [0.25, 0.3) is 0 Å². The average Bonchev–Trinajstić information content (AvgIpc) is 2.43. The predicted octanol–water partition coefficient (Wildman–Crippen LogP) is 2.77. The number of rotatable bonds is 4. The molecule has 0 radical (unpaired) electrons. The summed E-state index contributed by atoms with van der Waals surface area (Å²) in [6.07, 6.45) is 1.01. The van der Waals surface area contributed by atoms with Crippen LogP contribution in [0.1, 0.15) is 44.9 Å². The Morgan fingerprint density at radius 3 is 2.65 bits per heavy atom. The zero-order valence-corrected chi connectivity index (χ0v) is 13.0. The van der Waals surface area contributed by atoms with Crippen LogP contribution >= 0.6 is 0 Å². The second kappa shape index (κ2) is 6.40. The van der Waals surface area contributed by atoms with E-state index in [-0.39, 0.29) is 18.0 Å². The van der Waals surface area contributed by atoms with Gasteiger partial charge in [-0.15, -0.1) is 0 Å². The Bertz CT molecular complexity index is 468. The fourth-order valence-electron chi connectivity index (χ4n) is 2.84. The molecule has 3 nitrogen and oxygen atoms in total. The second-order valence-corrected chi connectivity index (χ2v) is 6.31. The number of nitrogens with one attached hydrogen (secondary N) is 1. The third-order valence-corrected chi connectivity index (χ3v) is 3.82. The van der Waals surface area contributed by atoms with Crippen LogP contribution in [-0.4, -0.2) is 29.9 Å². The van der Waals surface area contributed by atoms with Crippen molar-refractivity contribution in [2.45, 2.75) is 46.2 Å². The van der Waals surface area contributed by atoms with Crippen molar-refractivity contribution in [1.29, 1.82) is 0 Å². The number of carbonyl (C=O) groups is 1. The highest BCUT2D eigenvalue weighted by Gasteiger charge is 2.30. The molecule has 1 aliphatic rings. The largest absolute Gasteiger partial charge is 0.338 e. The van der Waals surface area contributed by atoms with Gasteiger partial charge in [-0.2, -0.15) is 0 Å². The monoisotopic (exact) mass is 274 g/mol. The Kier molecular flexibility index (Phi) is 4.81. The lowest BCUT2D eigenvalue weighted by Crippen LogP contribution is -2.47. The Labute approximate surface area is 122 Å². The van der Waals surface area contributed by atoms with Crippen LogP contribution in [0.25, 0.3) is 0 Å². The van der Waals surface area contributed by atoms with Gasteiger partial charge in [-0.1, -0.05) is 38.1 Å². The minimum Gasteiger partial charge on any atom is -0.338 e. The van der Waals surface area contributed by atoms with Crippen LogP contribution in [0.5, 0.6) is 0 Å². The molecule has 0 spiro atoms. The Morgan fingerprint density at radius 2 is 2.00 bits per heavy atom. The van der Waals surface area contributed by atoms with Crippen molar-refractivity contribution in [3.63, 3.8) is 0 Å². The van der Waals surface area contributed by atoms with Crippen molar-refractivity contribution in [2.75, 3.05) is 13.1 Å². The lowest BCUT2D eigenvalue weighted by molar-refractivity contribution is -0.136. The molecule has 0 bridgehead atoms. The Hall–Kier alpha value is -1.35. The normalized spacial score (nSPS) is 18.2. The van der Waals surface area contributed by atoms with Crippen LogP contribution in [0.15, 0.2) is 24.3 Å². The molecule has 2 rings (SSSR count). The van der Waals surface area contributed by atoms with E-state index in [0.717, 1.165) is 25.1 Å². The van der Waals surface area contributed by atoms with Gasteiger partial charge in [-0.05, 0) is 37.3 Å². The number of fused-ring (bicyclic) bond motifs is 1. The zero-order valence-electron chi connectivity index (χ0n) is 13.0. The van der Waals surface area contributed by atoms with Crippen molar-refractivity contribution < 1.29 is 4.79 Å². The van der Waals surface area contributed by atoms with Gasteiger partial charge in [0.1, 0.15) is 6.04 Å². The minimum absolute atomic E-state index is 0.180. The van der Waals surface area contributed by atoms with Crippen LogP contribution < -0.4 is 5.32 Å². The molecule has 1 amide bonds. The van der Waals surface area contributed by atoms with E-state index < -0.39 is 0 Å². The summed E-state index contributed by atoms with van der Waals surface area (Å²) in [6.45, 7) is 10.2. The summed E-state index contributed by atoms with van der Waals surface area (Å²) in [4.78, 5) is 14.9. The molecule has 3 heteroatoms. The fraction of sp³-hybridized carbons (Fsp3) is 0.588. The molecule has 0 fully saturated rings. The van der Waals surface area contributed by atoms with Gasteiger partial charge in [0.2, 0.25) is 5.91 Å². The Balaban J connectivity index is 2.24. The number of hydrogen-bond donors (Lipinski definition) is 1. The first-order valence-corrected chi connectivity index (χ1v) is 7.62. The van der Waals surface area contributed by atoms with Crippen LogP contribution in [-0.2, 0) is 11.2 Å². The zero-order chi connectivity index (χ0) is 14.7. The van der Waals surface area contributed by atoms with Crippen LogP contribution in [0.2, 0.25) is 0 Å². The SMILES string of the molecule is CC(C)CN(C(=O)C1NCCc2ccccc21)C(C)C. The molecule has 0 saturated carbocycles. The first kappa shape index (κ1) is 15.0. The smallest absolute Gasteiger partial charge is 0.244 e. The third-order valence-electron chi connectivity index (χ3n) is 3.82. The molecule has 0 aliphatic carbocycles. The molecule has 1 aliphatic heterocycles. The highest BCUT2D eigenvalue weighted by molar-refractivity contribution is 5.84. The van der Waals surface area contributed by atoms with Gasteiger partial charge in [-0.3, -0.25) is 4.79 Å². The van der Waals surface area contributed by atoms with E-state index in [1.54, 1.807) is 0 Å². The summed E-state index contributed by atoms with van der Waals surface area (Å²) in [7, 11) is 0. The summed E-state index contributed by atoms with van der Waals surface area (Å²) in [5.41, 5.74) is 2.45. The Morgan fingerprint density at radius 1 is 1.30 bits per heavy atom. The van der Waals surface area contributed by atoms with Crippen LogP contribution in [0.4, 0.5) is 0 Å². The average molecular weight is 274 g/mol. The van der Waals surface area contributed by atoms with Crippen molar-refractivity contribution in [2.24, 2.45) is 5.92 Å². The molecule has 1 aromatic carbocycles. The highest BCUT2D eigenvalue weighted by atomic mass is 16.2. The van der Waals surface area contributed by atoms with Crippen molar-refractivity contribution in [1.82, 2.24) is 10.2 Å². The lowest BCUT2D eigenvalue weighted by atomic mass is 9.93. The van der Waals surface area contributed by atoms with Crippen molar-refractivity contribution in [3.05, 3.63) is 35.4 Å². The summed E-state index contributed by atoms with van der Waals surface area (Å²) in [6, 6.07) is 8.35. The topological polar surface area (TPSA) is 32.3 Å². The van der Waals surface area contributed by atoms with Crippen LogP contribution in [0.3, 0.4) is 0 Å². The predicted molar refractivity (Wildman–Crippen MR) is 82.6 cm³/mol. The molecule has 1 aromatic rings. The number of benzene rings is 1. The van der Waals surface area contributed by atoms with Gasteiger partial charge in [0.15, 0.2) is 0 Å². The van der Waals surface area contributed by atoms with Gasteiger partial charge < -0.3 is 10.2 Å². The van der Waals surface area contributed by atoms with E-state index in [1.165, 1.54) is 5.56 Å². The quantitative estimate of drug-likeness (QED) is 0.915. The first-order chi connectivity index (χ1) is 9.50. The molecule has 1 unspecified atom stereocenters. The number of hydrogen-bond acceptors (Lipinski definition) is 2. The molecular formula is C17H26N2O. The van der Waals surface area contributed by atoms with Gasteiger partial charge >= 0.3 is 0 Å². The molecule has 110 valence electrons. The summed E-state index contributed by atoms with van der Waals surface area (Å²) in [5, 5.41) is 3.39. The highest BCUT2D eigenvalue weighted by Crippen LogP contribution is 2.25. The summed E-state index contributed by atoms with van der Waals surface area (Å²) >= 11 is 0. The van der Waals surface area contributed by atoms with E-state index in [0.29, 0.717) is 5.92 Å². The number of carbonyl (C=O) groups excluding carboxylic acids is 1. The fourth-order valence-corrected chi connectivity index (χ4v) is 2.84. The maximum absolute atomic E-state index is 12.9. The molecule has 1 N–H and O–H groups in total.